The maximum atomic E-state index is 2.66. The van der Waals surface area contributed by atoms with Crippen molar-refractivity contribution in [2.24, 2.45) is 0 Å². The van der Waals surface area contributed by atoms with E-state index in [9.17, 15) is 0 Å². The van der Waals surface area contributed by atoms with Crippen LogP contribution in [0.4, 0.5) is 0 Å². The second-order valence-corrected chi connectivity index (χ2v) is 39.1. The zero-order chi connectivity index (χ0) is 16.0. The molecule has 1 saturated heterocycles. The van der Waals surface area contributed by atoms with Crippen LogP contribution in [-0.4, -0.2) is 33.3 Å². The van der Waals surface area contributed by atoms with Gasteiger partial charge >= 0.3 is 0 Å². The number of benzene rings is 2. The van der Waals surface area contributed by atoms with Gasteiger partial charge in [-0.15, -0.1) is 0 Å². The molecule has 3 rings (SSSR count). The van der Waals surface area contributed by atoms with E-state index in [1.165, 1.54) is 0 Å². The Morgan fingerprint density at radius 3 is 1.36 bits per heavy atom. The summed E-state index contributed by atoms with van der Waals surface area (Å²) in [7, 11) is 0.403. The molecule has 1 fully saturated rings. The van der Waals surface area contributed by atoms with Crippen molar-refractivity contribution in [2.45, 2.75) is 0 Å². The van der Waals surface area contributed by atoms with E-state index in [1.807, 2.05) is 0 Å². The maximum absolute atomic E-state index is 2.66. The van der Waals surface area contributed by atoms with Crippen molar-refractivity contribution >= 4 is 45.8 Å². The summed E-state index contributed by atoms with van der Waals surface area (Å²) in [5, 5.41) is 3.37. The summed E-state index contributed by atoms with van der Waals surface area (Å²) in [6.07, 6.45) is 0. The van der Waals surface area contributed by atoms with Crippen LogP contribution in [0.5, 0.6) is 0 Å². The van der Waals surface area contributed by atoms with Gasteiger partial charge in [-0.25, -0.2) is 0 Å². The third-order valence-electron chi connectivity index (χ3n) is 4.91. The average Bonchev–Trinajstić information content (AvgIpc) is 2.68. The average molecular weight is 384 g/mol. The van der Waals surface area contributed by atoms with Gasteiger partial charge in [-0.1, -0.05) is 36.4 Å². The first-order valence-corrected chi connectivity index (χ1v) is 20.9. The van der Waals surface area contributed by atoms with Crippen LogP contribution < -0.4 is 10.6 Å². The molecule has 116 valence electrons. The van der Waals surface area contributed by atoms with Crippen LogP contribution in [0.25, 0.3) is 0 Å². The van der Waals surface area contributed by atoms with Crippen molar-refractivity contribution in [1.29, 1.82) is 0 Å². The van der Waals surface area contributed by atoms with Gasteiger partial charge in [-0.05, 0) is 37.6 Å². The number of rotatable bonds is 2. The number of hydrogen-bond donors (Lipinski definition) is 0. The van der Waals surface area contributed by atoms with Crippen LogP contribution in [0.2, 0.25) is 0 Å². The van der Waals surface area contributed by atoms with E-state index in [-0.39, 0.29) is 21.9 Å². The van der Waals surface area contributed by atoms with Crippen LogP contribution in [0.1, 0.15) is 0 Å². The molecule has 0 unspecified atom stereocenters. The maximum Gasteiger partial charge on any atom is 0.221 e. The minimum atomic E-state index is -1.20. The fraction of sp³-hybridized carbons (Fsp3) is 0.294. The molecule has 0 spiro atoms. The highest BCUT2D eigenvalue weighted by molar-refractivity contribution is 9.17. The molecule has 0 bridgehead atoms. The van der Waals surface area contributed by atoms with Crippen molar-refractivity contribution in [2.75, 3.05) is 33.3 Å². The van der Waals surface area contributed by atoms with Crippen LogP contribution >= 0.6 is 35.2 Å². The first-order valence-electron chi connectivity index (χ1n) is 7.50. The van der Waals surface area contributed by atoms with Gasteiger partial charge in [0, 0.05) is 6.66 Å². The minimum Gasteiger partial charge on any atom is -0.0620 e. The van der Waals surface area contributed by atoms with Gasteiger partial charge in [-0.3, -0.25) is 0 Å². The van der Waals surface area contributed by atoms with E-state index in [1.54, 1.807) is 10.6 Å². The Labute approximate surface area is 139 Å². The second-order valence-electron chi connectivity index (χ2n) is 6.08. The van der Waals surface area contributed by atoms with E-state index in [0.29, 0.717) is 0 Å². The summed E-state index contributed by atoms with van der Waals surface area (Å²) < 4.78 is 0. The molecule has 1 aliphatic rings. The molecule has 2 aromatic rings. The Kier molecular flexibility index (Phi) is 5.13. The van der Waals surface area contributed by atoms with E-state index >= 15 is 0 Å². The van der Waals surface area contributed by atoms with E-state index in [0.717, 1.165) is 0 Å². The standard InChI is InChI=1S/C17H25P5/c1-18-19(2)22(20(3)21(18,4)5,16-12-8-6-9-13-16)17-14-10-7-11-15-17/h6-15H,1-5H3/q+2/t18-,19+,20+/m0/s1. The fourth-order valence-electron chi connectivity index (χ4n) is 3.28. The van der Waals surface area contributed by atoms with Gasteiger partial charge in [-0.2, -0.15) is 0 Å². The lowest BCUT2D eigenvalue weighted by atomic mass is 10.4. The molecule has 22 heavy (non-hydrogen) atoms. The molecular weight excluding hydrogens is 359 g/mol. The lowest BCUT2D eigenvalue weighted by molar-refractivity contribution is 1.76. The predicted octanol–water partition coefficient (Wildman–Crippen LogP) is 6.86. The molecule has 0 saturated carbocycles. The topological polar surface area (TPSA) is 0 Å². The van der Waals surface area contributed by atoms with Gasteiger partial charge in [0.05, 0.1) is 20.0 Å². The third-order valence-corrected chi connectivity index (χ3v) is 64.8. The quantitative estimate of drug-likeness (QED) is 0.497. The van der Waals surface area contributed by atoms with E-state index < -0.39 is 13.3 Å². The Bertz CT molecular complexity index is 601. The second kappa shape index (κ2) is 6.48. The number of hydrogen-bond acceptors (Lipinski definition) is 0. The van der Waals surface area contributed by atoms with Crippen LogP contribution in [0, 0.1) is 0 Å². The summed E-state index contributed by atoms with van der Waals surface area (Å²) in [6.45, 7) is 11.3. The minimum absolute atomic E-state index is 0.0926. The molecule has 0 aliphatic carbocycles. The highest BCUT2D eigenvalue weighted by Crippen LogP contribution is 3.28. The van der Waals surface area contributed by atoms with Crippen molar-refractivity contribution in [3.05, 3.63) is 60.7 Å². The van der Waals surface area contributed by atoms with E-state index in [2.05, 4.69) is 94.0 Å². The lowest BCUT2D eigenvalue weighted by Crippen LogP contribution is -2.17. The SMILES string of the molecule is C[P@]1[P@](C)[P+](C)(C)[P@@](C)[P+]1(c1ccccc1)c1ccccc1. The molecular formula is C17H25P5+2. The Morgan fingerprint density at radius 2 is 1.05 bits per heavy atom. The predicted molar refractivity (Wildman–Crippen MR) is 116 cm³/mol. The van der Waals surface area contributed by atoms with E-state index in [4.69, 9.17) is 0 Å². The lowest BCUT2D eigenvalue weighted by Gasteiger charge is -2.27. The first-order chi connectivity index (χ1) is 10.4. The summed E-state index contributed by atoms with van der Waals surface area (Å²) in [5.41, 5.74) is 0. The third kappa shape index (κ3) is 2.47. The molecule has 1 aliphatic heterocycles. The molecule has 3 atom stereocenters. The zero-order valence-electron chi connectivity index (χ0n) is 14.0. The summed E-state index contributed by atoms with van der Waals surface area (Å²) in [4.78, 5) is 0. The van der Waals surface area contributed by atoms with Gasteiger partial charge in [0.1, 0.15) is 25.2 Å². The van der Waals surface area contributed by atoms with Crippen molar-refractivity contribution in [3.63, 3.8) is 0 Å². The molecule has 0 amide bonds. The largest absolute Gasteiger partial charge is 0.221 e. The summed E-state index contributed by atoms with van der Waals surface area (Å²) in [6, 6.07) is 23.1. The summed E-state index contributed by atoms with van der Waals surface area (Å²) >= 11 is 0. The highest BCUT2D eigenvalue weighted by atomic mass is 33.0. The van der Waals surface area contributed by atoms with Gasteiger partial charge in [0.25, 0.3) is 0 Å². The Balaban J connectivity index is 2.31. The molecule has 5 heteroatoms. The molecule has 1 heterocycles. The molecule has 0 radical (unpaired) electrons. The Morgan fingerprint density at radius 1 is 0.636 bits per heavy atom. The van der Waals surface area contributed by atoms with Crippen molar-refractivity contribution in [3.8, 4) is 0 Å². The zero-order valence-corrected chi connectivity index (χ0v) is 18.5. The van der Waals surface area contributed by atoms with Crippen LogP contribution in [-0.2, 0) is 0 Å². The van der Waals surface area contributed by atoms with Gasteiger partial charge in [0.15, 0.2) is 6.64 Å². The monoisotopic (exact) mass is 384 g/mol. The molecule has 2 aromatic carbocycles. The summed E-state index contributed by atoms with van der Waals surface area (Å²) in [5.74, 6) is 0. The molecule has 0 N–H and O–H groups in total. The molecule has 0 nitrogen and oxygen atoms in total. The van der Waals surface area contributed by atoms with Crippen LogP contribution in [0.15, 0.2) is 60.7 Å². The Hall–Kier alpha value is 0.590. The molecule has 0 aromatic heterocycles. The van der Waals surface area contributed by atoms with Gasteiger partial charge in [0.2, 0.25) is 7.30 Å². The van der Waals surface area contributed by atoms with Crippen molar-refractivity contribution < 1.29 is 0 Å². The smallest absolute Gasteiger partial charge is 0.0620 e. The first kappa shape index (κ1) is 17.4. The highest BCUT2D eigenvalue weighted by Gasteiger charge is 2.74. The van der Waals surface area contributed by atoms with Crippen molar-refractivity contribution in [1.82, 2.24) is 0 Å². The van der Waals surface area contributed by atoms with Crippen LogP contribution in [0.3, 0.4) is 0 Å². The fourth-order valence-corrected chi connectivity index (χ4v) is 91.7. The van der Waals surface area contributed by atoms with Gasteiger partial charge < -0.3 is 0 Å². The normalized spacial score (nSPS) is 29.4.